The standard InChI is InChI=1S/C15H19BrFNO/c16-15-4-2-13(17)9-12(15)10-14(19)3-1-11-5-7-18-8-6-11/h2,4,9,11,18H,1,3,5-8,10H2. The Morgan fingerprint density at radius 1 is 1.37 bits per heavy atom. The van der Waals surface area contributed by atoms with Crippen LogP contribution in [0.1, 0.15) is 31.2 Å². The van der Waals surface area contributed by atoms with Crippen LogP contribution in [0.25, 0.3) is 0 Å². The van der Waals surface area contributed by atoms with E-state index < -0.39 is 0 Å². The summed E-state index contributed by atoms with van der Waals surface area (Å²) in [6.45, 7) is 2.13. The third-order valence-corrected chi connectivity index (χ3v) is 4.46. The van der Waals surface area contributed by atoms with Crippen molar-refractivity contribution in [3.05, 3.63) is 34.1 Å². The molecule has 19 heavy (non-hydrogen) atoms. The summed E-state index contributed by atoms with van der Waals surface area (Å²) in [6, 6.07) is 4.49. The van der Waals surface area contributed by atoms with Gasteiger partial charge in [0, 0.05) is 17.3 Å². The van der Waals surface area contributed by atoms with Gasteiger partial charge in [-0.3, -0.25) is 4.79 Å². The van der Waals surface area contributed by atoms with Gasteiger partial charge in [0.1, 0.15) is 11.6 Å². The molecule has 1 heterocycles. The highest BCUT2D eigenvalue weighted by Gasteiger charge is 2.15. The molecule has 0 atom stereocenters. The van der Waals surface area contributed by atoms with Gasteiger partial charge < -0.3 is 5.32 Å². The van der Waals surface area contributed by atoms with Crippen molar-refractivity contribution >= 4 is 21.7 Å². The highest BCUT2D eigenvalue weighted by molar-refractivity contribution is 9.10. The van der Waals surface area contributed by atoms with Crippen LogP contribution in [0, 0.1) is 11.7 Å². The SMILES string of the molecule is O=C(CCC1CCNCC1)Cc1cc(F)ccc1Br. The predicted molar refractivity (Wildman–Crippen MR) is 77.6 cm³/mol. The minimum absolute atomic E-state index is 0.199. The number of ketones is 1. The molecule has 1 aliphatic rings. The van der Waals surface area contributed by atoms with Crippen LogP contribution >= 0.6 is 15.9 Å². The summed E-state index contributed by atoms with van der Waals surface area (Å²) in [5, 5.41) is 3.32. The number of hydrogen-bond acceptors (Lipinski definition) is 2. The molecule has 0 amide bonds. The average molecular weight is 328 g/mol. The predicted octanol–water partition coefficient (Wildman–Crippen LogP) is 3.48. The van der Waals surface area contributed by atoms with Crippen molar-refractivity contribution in [3.63, 3.8) is 0 Å². The zero-order valence-electron chi connectivity index (χ0n) is 10.9. The van der Waals surface area contributed by atoms with E-state index in [0.29, 0.717) is 18.8 Å². The number of piperidine rings is 1. The molecule has 0 radical (unpaired) electrons. The lowest BCUT2D eigenvalue weighted by molar-refractivity contribution is -0.118. The first-order valence-corrected chi connectivity index (χ1v) is 7.61. The maximum atomic E-state index is 13.1. The number of rotatable bonds is 5. The molecule has 0 spiro atoms. The molecule has 0 aromatic heterocycles. The molecule has 104 valence electrons. The first kappa shape index (κ1) is 14.7. The average Bonchev–Trinajstić information content (AvgIpc) is 2.42. The third kappa shape index (κ3) is 4.69. The Labute approximate surface area is 121 Å². The van der Waals surface area contributed by atoms with Gasteiger partial charge in [-0.2, -0.15) is 0 Å². The summed E-state index contributed by atoms with van der Waals surface area (Å²) in [5.41, 5.74) is 0.746. The van der Waals surface area contributed by atoms with Gasteiger partial charge in [0.05, 0.1) is 0 Å². The number of hydrogen-bond donors (Lipinski definition) is 1. The smallest absolute Gasteiger partial charge is 0.137 e. The number of nitrogens with one attached hydrogen (secondary N) is 1. The molecular formula is C15H19BrFNO. The summed E-state index contributed by atoms with van der Waals surface area (Å²) in [6.07, 6.45) is 4.22. The van der Waals surface area contributed by atoms with Crippen molar-refractivity contribution < 1.29 is 9.18 Å². The summed E-state index contributed by atoms with van der Waals surface area (Å²) in [7, 11) is 0. The lowest BCUT2D eigenvalue weighted by Crippen LogP contribution is -2.28. The summed E-state index contributed by atoms with van der Waals surface area (Å²) in [4.78, 5) is 12.0. The molecule has 1 N–H and O–H groups in total. The summed E-state index contributed by atoms with van der Waals surface area (Å²) >= 11 is 3.36. The Kier molecular flexibility index (Phi) is 5.52. The van der Waals surface area contributed by atoms with E-state index in [1.54, 1.807) is 6.07 Å². The fourth-order valence-electron chi connectivity index (χ4n) is 2.52. The van der Waals surface area contributed by atoms with Crippen LogP contribution in [0.15, 0.2) is 22.7 Å². The van der Waals surface area contributed by atoms with Crippen LogP contribution in [0.3, 0.4) is 0 Å². The van der Waals surface area contributed by atoms with Gasteiger partial charge in [0.15, 0.2) is 0 Å². The second-order valence-corrected chi connectivity index (χ2v) is 6.04. The Morgan fingerprint density at radius 3 is 2.84 bits per heavy atom. The topological polar surface area (TPSA) is 29.1 Å². The van der Waals surface area contributed by atoms with Crippen LogP contribution in [-0.2, 0) is 11.2 Å². The molecule has 0 aliphatic carbocycles. The van der Waals surface area contributed by atoms with Crippen molar-refractivity contribution in [2.75, 3.05) is 13.1 Å². The summed E-state index contributed by atoms with van der Waals surface area (Å²) < 4.78 is 13.9. The fraction of sp³-hybridized carbons (Fsp3) is 0.533. The van der Waals surface area contributed by atoms with E-state index in [2.05, 4.69) is 21.2 Å². The third-order valence-electron chi connectivity index (χ3n) is 3.69. The monoisotopic (exact) mass is 327 g/mol. The van der Waals surface area contributed by atoms with E-state index in [9.17, 15) is 9.18 Å². The van der Waals surface area contributed by atoms with Gasteiger partial charge in [-0.15, -0.1) is 0 Å². The number of Topliss-reactive ketones (excluding diaryl/α,β-unsaturated/α-hetero) is 1. The van der Waals surface area contributed by atoms with Gasteiger partial charge in [-0.1, -0.05) is 15.9 Å². The number of halogens is 2. The van der Waals surface area contributed by atoms with Crippen molar-refractivity contribution in [1.29, 1.82) is 0 Å². The molecule has 4 heteroatoms. The zero-order chi connectivity index (χ0) is 13.7. The largest absolute Gasteiger partial charge is 0.317 e. The molecule has 0 saturated carbocycles. The van der Waals surface area contributed by atoms with Crippen LogP contribution in [-0.4, -0.2) is 18.9 Å². The van der Waals surface area contributed by atoms with Crippen molar-refractivity contribution in [2.45, 2.75) is 32.1 Å². The molecule has 0 unspecified atom stereocenters. The van der Waals surface area contributed by atoms with E-state index in [0.717, 1.165) is 42.4 Å². The first-order valence-electron chi connectivity index (χ1n) is 6.81. The highest BCUT2D eigenvalue weighted by Crippen LogP contribution is 2.21. The Bertz CT molecular complexity index is 444. The van der Waals surface area contributed by atoms with Crippen molar-refractivity contribution in [3.8, 4) is 0 Å². The van der Waals surface area contributed by atoms with Gasteiger partial charge in [-0.25, -0.2) is 4.39 Å². The maximum absolute atomic E-state index is 13.1. The summed E-state index contributed by atoms with van der Waals surface area (Å²) in [5.74, 6) is 0.579. The van der Waals surface area contributed by atoms with Crippen LogP contribution in [0.2, 0.25) is 0 Å². The van der Waals surface area contributed by atoms with Crippen molar-refractivity contribution in [2.24, 2.45) is 5.92 Å². The fourth-order valence-corrected chi connectivity index (χ4v) is 2.90. The first-order chi connectivity index (χ1) is 9.15. The highest BCUT2D eigenvalue weighted by atomic mass is 79.9. The van der Waals surface area contributed by atoms with Crippen LogP contribution in [0.4, 0.5) is 4.39 Å². The molecule has 1 saturated heterocycles. The number of benzene rings is 1. The van der Waals surface area contributed by atoms with E-state index in [1.807, 2.05) is 0 Å². The molecule has 1 fully saturated rings. The van der Waals surface area contributed by atoms with Gasteiger partial charge in [0.25, 0.3) is 0 Å². The quantitative estimate of drug-likeness (QED) is 0.897. The molecule has 2 rings (SSSR count). The normalized spacial score (nSPS) is 16.5. The molecule has 2 nitrogen and oxygen atoms in total. The second-order valence-electron chi connectivity index (χ2n) is 5.18. The minimum Gasteiger partial charge on any atom is -0.317 e. The molecule has 0 bridgehead atoms. The lowest BCUT2D eigenvalue weighted by Gasteiger charge is -2.22. The number of carbonyl (C=O) groups excluding carboxylic acids is 1. The molecular weight excluding hydrogens is 309 g/mol. The van der Waals surface area contributed by atoms with E-state index in [-0.39, 0.29) is 11.6 Å². The van der Waals surface area contributed by atoms with E-state index in [4.69, 9.17) is 0 Å². The maximum Gasteiger partial charge on any atom is 0.137 e. The minimum atomic E-state index is -0.288. The Hall–Kier alpha value is -0.740. The molecule has 1 aromatic carbocycles. The number of carbonyl (C=O) groups is 1. The van der Waals surface area contributed by atoms with Gasteiger partial charge in [-0.05, 0) is 62.0 Å². The lowest BCUT2D eigenvalue weighted by atomic mass is 9.91. The van der Waals surface area contributed by atoms with Gasteiger partial charge in [0.2, 0.25) is 0 Å². The van der Waals surface area contributed by atoms with Crippen LogP contribution < -0.4 is 5.32 Å². The zero-order valence-corrected chi connectivity index (χ0v) is 12.5. The van der Waals surface area contributed by atoms with Crippen molar-refractivity contribution in [1.82, 2.24) is 5.32 Å². The van der Waals surface area contributed by atoms with E-state index >= 15 is 0 Å². The van der Waals surface area contributed by atoms with E-state index in [1.165, 1.54) is 12.1 Å². The Morgan fingerprint density at radius 2 is 2.11 bits per heavy atom. The van der Waals surface area contributed by atoms with Crippen LogP contribution in [0.5, 0.6) is 0 Å². The molecule has 1 aliphatic heterocycles. The Balaban J connectivity index is 1.81. The second kappa shape index (κ2) is 7.15. The molecule has 1 aromatic rings. The van der Waals surface area contributed by atoms with Gasteiger partial charge >= 0.3 is 0 Å².